The van der Waals surface area contributed by atoms with Crippen molar-refractivity contribution in [3.63, 3.8) is 0 Å². The van der Waals surface area contributed by atoms with Crippen LogP contribution in [0.1, 0.15) is 39.0 Å². The van der Waals surface area contributed by atoms with Gasteiger partial charge in [-0.25, -0.2) is 0 Å². The minimum atomic E-state index is -0.236. The molecule has 4 heteroatoms. The molecule has 2 fully saturated rings. The molecule has 2 aliphatic rings. The van der Waals surface area contributed by atoms with E-state index in [-0.39, 0.29) is 17.4 Å². The molecule has 4 nitrogen and oxygen atoms in total. The largest absolute Gasteiger partial charge is 0.317 e. The number of likely N-dealkylation sites (tertiary alicyclic amines) is 1. The second-order valence-electron chi connectivity index (χ2n) is 4.72. The van der Waals surface area contributed by atoms with Gasteiger partial charge in [-0.15, -0.1) is 0 Å². The molecule has 2 heterocycles. The van der Waals surface area contributed by atoms with E-state index in [9.17, 15) is 9.59 Å². The Hall–Kier alpha value is -0.900. The first-order chi connectivity index (χ1) is 7.13. The van der Waals surface area contributed by atoms with E-state index in [4.69, 9.17) is 0 Å². The van der Waals surface area contributed by atoms with Gasteiger partial charge in [-0.3, -0.25) is 14.5 Å². The predicted molar refractivity (Wildman–Crippen MR) is 56.2 cm³/mol. The number of carbonyl (C=O) groups excluding carboxylic acids is 2. The van der Waals surface area contributed by atoms with Gasteiger partial charge < -0.3 is 5.32 Å². The SMILES string of the molecule is CC1(N2C(=O)CCCC2=O)CCNCC1. The molecule has 0 spiro atoms. The van der Waals surface area contributed by atoms with Gasteiger partial charge >= 0.3 is 0 Å². The highest BCUT2D eigenvalue weighted by Gasteiger charge is 2.41. The highest BCUT2D eigenvalue weighted by Crippen LogP contribution is 2.30. The first-order valence-electron chi connectivity index (χ1n) is 5.70. The maximum Gasteiger partial charge on any atom is 0.229 e. The fourth-order valence-corrected chi connectivity index (χ4v) is 2.54. The number of hydrogen-bond donors (Lipinski definition) is 1. The third-order valence-corrected chi connectivity index (χ3v) is 3.50. The van der Waals surface area contributed by atoms with Gasteiger partial charge in [0.05, 0.1) is 5.54 Å². The van der Waals surface area contributed by atoms with Crippen LogP contribution in [0.4, 0.5) is 0 Å². The van der Waals surface area contributed by atoms with Gasteiger partial charge in [0.2, 0.25) is 11.8 Å². The minimum absolute atomic E-state index is 0.0238. The summed E-state index contributed by atoms with van der Waals surface area (Å²) in [6.45, 7) is 3.83. The molecule has 0 radical (unpaired) electrons. The first-order valence-corrected chi connectivity index (χ1v) is 5.70. The molecule has 2 aliphatic heterocycles. The van der Waals surface area contributed by atoms with Gasteiger partial charge in [0.25, 0.3) is 0 Å². The summed E-state index contributed by atoms with van der Waals surface area (Å²) in [5, 5.41) is 3.26. The quantitative estimate of drug-likeness (QED) is 0.647. The zero-order valence-electron chi connectivity index (χ0n) is 9.21. The molecule has 1 N–H and O–H groups in total. The first kappa shape index (κ1) is 10.6. The molecule has 0 atom stereocenters. The van der Waals surface area contributed by atoms with E-state index in [0.717, 1.165) is 32.4 Å². The van der Waals surface area contributed by atoms with Crippen molar-refractivity contribution >= 4 is 11.8 Å². The monoisotopic (exact) mass is 210 g/mol. The maximum absolute atomic E-state index is 11.8. The van der Waals surface area contributed by atoms with Gasteiger partial charge in [-0.2, -0.15) is 0 Å². The Bertz CT molecular complexity index is 266. The molecule has 0 aromatic rings. The topological polar surface area (TPSA) is 49.4 Å². The second-order valence-corrected chi connectivity index (χ2v) is 4.72. The molecule has 2 amide bonds. The summed E-state index contributed by atoms with van der Waals surface area (Å²) >= 11 is 0. The van der Waals surface area contributed by atoms with Crippen LogP contribution in [0.25, 0.3) is 0 Å². The number of imide groups is 1. The number of nitrogens with one attached hydrogen (secondary N) is 1. The van der Waals surface area contributed by atoms with E-state index in [2.05, 4.69) is 5.32 Å². The Kier molecular flexibility index (Phi) is 2.78. The molecule has 2 rings (SSSR count). The van der Waals surface area contributed by atoms with Gasteiger partial charge in [-0.05, 0) is 39.3 Å². The highest BCUT2D eigenvalue weighted by molar-refractivity contribution is 5.98. The number of piperidine rings is 2. The van der Waals surface area contributed by atoms with Crippen LogP contribution in [0.5, 0.6) is 0 Å². The molecule has 15 heavy (non-hydrogen) atoms. The fourth-order valence-electron chi connectivity index (χ4n) is 2.54. The third-order valence-electron chi connectivity index (χ3n) is 3.50. The van der Waals surface area contributed by atoms with Crippen molar-refractivity contribution in [3.05, 3.63) is 0 Å². The Labute approximate surface area is 90.0 Å². The number of rotatable bonds is 1. The summed E-state index contributed by atoms with van der Waals surface area (Å²) in [5.41, 5.74) is -0.236. The van der Waals surface area contributed by atoms with E-state index >= 15 is 0 Å². The zero-order chi connectivity index (χ0) is 10.9. The average Bonchev–Trinajstić information content (AvgIpc) is 2.18. The zero-order valence-corrected chi connectivity index (χ0v) is 9.21. The van der Waals surface area contributed by atoms with Crippen molar-refractivity contribution in [2.24, 2.45) is 0 Å². The highest BCUT2D eigenvalue weighted by atomic mass is 16.2. The molecule has 0 unspecified atom stereocenters. The van der Waals surface area contributed by atoms with Crippen molar-refractivity contribution in [2.75, 3.05) is 13.1 Å². The van der Waals surface area contributed by atoms with E-state index in [1.807, 2.05) is 6.92 Å². The molecule has 0 aromatic heterocycles. The molecule has 2 saturated heterocycles. The number of carbonyl (C=O) groups is 2. The summed E-state index contributed by atoms with van der Waals surface area (Å²) in [4.78, 5) is 25.1. The van der Waals surface area contributed by atoms with Crippen molar-refractivity contribution in [3.8, 4) is 0 Å². The lowest BCUT2D eigenvalue weighted by Gasteiger charge is -2.44. The number of amides is 2. The fraction of sp³-hybridized carbons (Fsp3) is 0.818. The summed E-state index contributed by atoms with van der Waals surface area (Å²) in [6, 6.07) is 0. The molecule has 0 aromatic carbocycles. The van der Waals surface area contributed by atoms with Crippen LogP contribution < -0.4 is 5.32 Å². The molecular formula is C11H18N2O2. The van der Waals surface area contributed by atoms with Crippen molar-refractivity contribution in [1.82, 2.24) is 10.2 Å². The summed E-state index contributed by atoms with van der Waals surface area (Å²) in [5.74, 6) is 0.0475. The lowest BCUT2D eigenvalue weighted by atomic mass is 9.86. The minimum Gasteiger partial charge on any atom is -0.317 e. The van der Waals surface area contributed by atoms with Gasteiger partial charge in [0.1, 0.15) is 0 Å². The van der Waals surface area contributed by atoms with E-state index < -0.39 is 0 Å². The predicted octanol–water partition coefficient (Wildman–Crippen LogP) is 0.668. The standard InChI is InChI=1S/C11H18N2O2/c1-11(5-7-12-8-6-11)13-9(14)3-2-4-10(13)15/h12H,2-8H2,1H3. The lowest BCUT2D eigenvalue weighted by Crippen LogP contribution is -2.58. The lowest BCUT2D eigenvalue weighted by molar-refractivity contribution is -0.156. The molecule has 0 aliphatic carbocycles. The van der Waals surface area contributed by atoms with E-state index in [1.165, 1.54) is 4.90 Å². The average molecular weight is 210 g/mol. The van der Waals surface area contributed by atoms with Crippen LogP contribution in [0.15, 0.2) is 0 Å². The van der Waals surface area contributed by atoms with Crippen LogP contribution in [0.2, 0.25) is 0 Å². The van der Waals surface area contributed by atoms with Crippen LogP contribution in [-0.2, 0) is 9.59 Å². The van der Waals surface area contributed by atoms with E-state index in [1.54, 1.807) is 0 Å². The summed E-state index contributed by atoms with van der Waals surface area (Å²) in [6.07, 6.45) is 3.56. The van der Waals surface area contributed by atoms with Crippen molar-refractivity contribution < 1.29 is 9.59 Å². The van der Waals surface area contributed by atoms with Gasteiger partial charge in [0.15, 0.2) is 0 Å². The summed E-state index contributed by atoms with van der Waals surface area (Å²) in [7, 11) is 0. The number of hydrogen-bond acceptors (Lipinski definition) is 3. The molecule has 0 saturated carbocycles. The van der Waals surface area contributed by atoms with Crippen LogP contribution in [0, 0.1) is 0 Å². The number of nitrogens with zero attached hydrogens (tertiary/aromatic N) is 1. The van der Waals surface area contributed by atoms with Crippen LogP contribution in [0.3, 0.4) is 0 Å². The summed E-state index contributed by atoms with van der Waals surface area (Å²) < 4.78 is 0. The van der Waals surface area contributed by atoms with Crippen molar-refractivity contribution in [2.45, 2.75) is 44.6 Å². The Morgan fingerprint density at radius 3 is 2.20 bits per heavy atom. The molecule has 0 bridgehead atoms. The second kappa shape index (κ2) is 3.93. The van der Waals surface area contributed by atoms with Gasteiger partial charge in [-0.1, -0.05) is 0 Å². The van der Waals surface area contributed by atoms with Crippen LogP contribution >= 0.6 is 0 Å². The smallest absolute Gasteiger partial charge is 0.229 e. The van der Waals surface area contributed by atoms with Gasteiger partial charge in [0, 0.05) is 12.8 Å². The Morgan fingerprint density at radius 2 is 1.67 bits per heavy atom. The Balaban J connectivity index is 2.18. The van der Waals surface area contributed by atoms with Crippen LogP contribution in [-0.4, -0.2) is 35.3 Å². The van der Waals surface area contributed by atoms with E-state index in [0.29, 0.717) is 12.8 Å². The molecule has 84 valence electrons. The Morgan fingerprint density at radius 1 is 1.13 bits per heavy atom. The van der Waals surface area contributed by atoms with Crippen molar-refractivity contribution in [1.29, 1.82) is 0 Å². The molecular weight excluding hydrogens is 192 g/mol. The normalized spacial score (nSPS) is 26.9. The third kappa shape index (κ3) is 1.91. The maximum atomic E-state index is 11.8.